The molecule has 0 aliphatic heterocycles. The molecule has 0 aromatic carbocycles. The van der Waals surface area contributed by atoms with E-state index < -0.39 is 10.0 Å². The topological polar surface area (TPSA) is 74.1 Å². The van der Waals surface area contributed by atoms with Gasteiger partial charge in [0.2, 0.25) is 10.0 Å². The molecule has 98 valence electrons. The van der Waals surface area contributed by atoms with Crippen LogP contribution >= 0.6 is 0 Å². The molecule has 0 aliphatic carbocycles. The van der Waals surface area contributed by atoms with Crippen LogP contribution in [0.4, 0.5) is 0 Å². The number of sulfonamides is 1. The monoisotopic (exact) mass is 267 g/mol. The van der Waals surface area contributed by atoms with Crippen LogP contribution < -0.4 is 0 Å². The first kappa shape index (κ1) is 14.6. The Morgan fingerprint density at radius 3 is 2.78 bits per heavy atom. The normalized spacial score (nSPS) is 11.4. The third-order valence-electron chi connectivity index (χ3n) is 2.56. The van der Waals surface area contributed by atoms with Crippen molar-refractivity contribution in [3.05, 3.63) is 30.1 Å². The molecule has 0 N–H and O–H groups in total. The molecule has 0 aliphatic rings. The lowest BCUT2D eigenvalue weighted by Gasteiger charge is -2.18. The Labute approximate surface area is 108 Å². The quantitative estimate of drug-likeness (QED) is 0.743. The van der Waals surface area contributed by atoms with Crippen molar-refractivity contribution in [3.63, 3.8) is 0 Å². The highest BCUT2D eigenvalue weighted by atomic mass is 32.2. The third-order valence-corrected chi connectivity index (χ3v) is 4.51. The summed E-state index contributed by atoms with van der Waals surface area (Å²) >= 11 is 0. The van der Waals surface area contributed by atoms with Crippen LogP contribution in [0.15, 0.2) is 24.4 Å². The van der Waals surface area contributed by atoms with Crippen LogP contribution in [0.1, 0.15) is 19.0 Å². The second-order valence-corrected chi connectivity index (χ2v) is 5.88. The molecule has 0 unspecified atom stereocenters. The average Bonchev–Trinajstić information content (AvgIpc) is 2.38. The maximum absolute atomic E-state index is 12.0. The van der Waals surface area contributed by atoms with Crippen LogP contribution in [0.2, 0.25) is 0 Å². The Kier molecular flexibility index (Phi) is 5.75. The number of aryl methyl sites for hydroxylation is 1. The van der Waals surface area contributed by atoms with E-state index in [4.69, 9.17) is 5.26 Å². The lowest BCUT2D eigenvalue weighted by molar-refractivity contribution is 0.434. The SMILES string of the molecule is CCN(CCC#N)S(=O)(=O)CCc1ccccn1. The van der Waals surface area contributed by atoms with Gasteiger partial charge in [-0.15, -0.1) is 0 Å². The third kappa shape index (κ3) is 4.43. The van der Waals surface area contributed by atoms with Gasteiger partial charge < -0.3 is 0 Å². The van der Waals surface area contributed by atoms with Crippen LogP contribution in [0.5, 0.6) is 0 Å². The lowest BCUT2D eigenvalue weighted by Crippen LogP contribution is -2.34. The summed E-state index contributed by atoms with van der Waals surface area (Å²) in [4.78, 5) is 4.09. The Morgan fingerprint density at radius 1 is 1.44 bits per heavy atom. The van der Waals surface area contributed by atoms with Gasteiger partial charge in [-0.2, -0.15) is 5.26 Å². The van der Waals surface area contributed by atoms with Gasteiger partial charge in [0.05, 0.1) is 11.8 Å². The molecule has 1 aromatic heterocycles. The maximum Gasteiger partial charge on any atom is 0.214 e. The van der Waals surface area contributed by atoms with Gasteiger partial charge in [0.15, 0.2) is 0 Å². The van der Waals surface area contributed by atoms with Gasteiger partial charge in [-0.25, -0.2) is 12.7 Å². The summed E-state index contributed by atoms with van der Waals surface area (Å²) in [5, 5.41) is 8.50. The summed E-state index contributed by atoms with van der Waals surface area (Å²) in [6.45, 7) is 2.43. The predicted octanol–water partition coefficient (Wildman–Crippen LogP) is 1.19. The average molecular weight is 267 g/mol. The first-order valence-electron chi connectivity index (χ1n) is 5.85. The van der Waals surface area contributed by atoms with Crippen molar-refractivity contribution in [2.45, 2.75) is 19.8 Å². The largest absolute Gasteiger partial charge is 0.261 e. The summed E-state index contributed by atoms with van der Waals surface area (Å²) in [6, 6.07) is 7.40. The molecular weight excluding hydrogens is 250 g/mol. The van der Waals surface area contributed by atoms with Crippen molar-refractivity contribution in [3.8, 4) is 6.07 Å². The second kappa shape index (κ2) is 7.09. The molecule has 1 heterocycles. The zero-order valence-electron chi connectivity index (χ0n) is 10.4. The van der Waals surface area contributed by atoms with Gasteiger partial charge in [-0.1, -0.05) is 13.0 Å². The van der Waals surface area contributed by atoms with Crippen molar-refractivity contribution in [1.29, 1.82) is 5.26 Å². The molecular formula is C12H17N3O2S. The van der Waals surface area contributed by atoms with E-state index in [1.54, 1.807) is 25.3 Å². The smallest absolute Gasteiger partial charge is 0.214 e. The van der Waals surface area contributed by atoms with Gasteiger partial charge in [-0.05, 0) is 12.1 Å². The van der Waals surface area contributed by atoms with E-state index >= 15 is 0 Å². The van der Waals surface area contributed by atoms with E-state index in [9.17, 15) is 8.42 Å². The molecule has 0 spiro atoms. The van der Waals surface area contributed by atoms with E-state index in [1.165, 1.54) is 4.31 Å². The number of hydrogen-bond donors (Lipinski definition) is 0. The van der Waals surface area contributed by atoms with E-state index in [-0.39, 0.29) is 18.7 Å². The summed E-state index contributed by atoms with van der Waals surface area (Å²) in [6.07, 6.45) is 2.26. The van der Waals surface area contributed by atoms with Crippen molar-refractivity contribution >= 4 is 10.0 Å². The Bertz CT molecular complexity index is 494. The second-order valence-electron chi connectivity index (χ2n) is 3.79. The highest BCUT2D eigenvalue weighted by Gasteiger charge is 2.19. The highest BCUT2D eigenvalue weighted by molar-refractivity contribution is 7.89. The zero-order valence-corrected chi connectivity index (χ0v) is 11.2. The van der Waals surface area contributed by atoms with Gasteiger partial charge in [0, 0.05) is 37.8 Å². The van der Waals surface area contributed by atoms with E-state index in [2.05, 4.69) is 4.98 Å². The summed E-state index contributed by atoms with van der Waals surface area (Å²) in [5.41, 5.74) is 0.761. The highest BCUT2D eigenvalue weighted by Crippen LogP contribution is 2.05. The van der Waals surface area contributed by atoms with Crippen molar-refractivity contribution < 1.29 is 8.42 Å². The van der Waals surface area contributed by atoms with E-state index in [0.717, 1.165) is 5.69 Å². The van der Waals surface area contributed by atoms with Crippen LogP contribution in [0, 0.1) is 11.3 Å². The molecule has 0 radical (unpaired) electrons. The molecule has 0 saturated heterocycles. The van der Waals surface area contributed by atoms with Gasteiger partial charge >= 0.3 is 0 Å². The van der Waals surface area contributed by atoms with Crippen LogP contribution in [-0.4, -0.2) is 36.5 Å². The molecule has 0 atom stereocenters. The number of pyridine rings is 1. The van der Waals surface area contributed by atoms with Crippen molar-refractivity contribution in [2.75, 3.05) is 18.8 Å². The minimum absolute atomic E-state index is 0.0310. The first-order valence-corrected chi connectivity index (χ1v) is 7.45. The van der Waals surface area contributed by atoms with Gasteiger partial charge in [0.25, 0.3) is 0 Å². The predicted molar refractivity (Wildman–Crippen MR) is 69.2 cm³/mol. The fraction of sp³-hybridized carbons (Fsp3) is 0.500. The molecule has 1 rings (SSSR count). The minimum atomic E-state index is -3.30. The number of nitrogens with zero attached hydrogens (tertiary/aromatic N) is 3. The summed E-state index contributed by atoms with van der Waals surface area (Å²) < 4.78 is 25.4. The molecule has 5 nitrogen and oxygen atoms in total. The summed E-state index contributed by atoms with van der Waals surface area (Å²) in [5.74, 6) is 0.0310. The maximum atomic E-state index is 12.0. The van der Waals surface area contributed by atoms with Crippen LogP contribution in [-0.2, 0) is 16.4 Å². The Hall–Kier alpha value is -1.45. The summed E-state index contributed by atoms with van der Waals surface area (Å²) in [7, 11) is -3.30. The number of hydrogen-bond acceptors (Lipinski definition) is 4. The molecule has 0 bridgehead atoms. The molecule has 6 heteroatoms. The standard InChI is InChI=1S/C12H17N3O2S/c1-2-15(10-5-8-13)18(16,17)11-7-12-6-3-4-9-14-12/h3-4,6,9H,2,5,7,10-11H2,1H3. The van der Waals surface area contributed by atoms with Crippen molar-refractivity contribution in [1.82, 2.24) is 9.29 Å². The molecule has 18 heavy (non-hydrogen) atoms. The fourth-order valence-electron chi connectivity index (χ4n) is 1.58. The van der Waals surface area contributed by atoms with Crippen LogP contribution in [0.25, 0.3) is 0 Å². The Morgan fingerprint density at radius 2 is 2.22 bits per heavy atom. The number of rotatable bonds is 7. The molecule has 1 aromatic rings. The van der Waals surface area contributed by atoms with Crippen LogP contribution in [0.3, 0.4) is 0 Å². The Balaban J connectivity index is 2.61. The number of aromatic nitrogens is 1. The lowest BCUT2D eigenvalue weighted by atomic mass is 10.3. The zero-order chi connectivity index (χ0) is 13.4. The van der Waals surface area contributed by atoms with E-state index in [0.29, 0.717) is 13.0 Å². The fourth-order valence-corrected chi connectivity index (χ4v) is 3.07. The first-order chi connectivity index (χ1) is 8.60. The van der Waals surface area contributed by atoms with Gasteiger partial charge in [-0.3, -0.25) is 4.98 Å². The molecule has 0 fully saturated rings. The molecule has 0 amide bonds. The van der Waals surface area contributed by atoms with Gasteiger partial charge in [0.1, 0.15) is 0 Å². The van der Waals surface area contributed by atoms with E-state index in [1.807, 2.05) is 12.1 Å². The number of nitriles is 1. The molecule has 0 saturated carbocycles. The minimum Gasteiger partial charge on any atom is -0.261 e. The van der Waals surface area contributed by atoms with Crippen molar-refractivity contribution in [2.24, 2.45) is 0 Å².